The summed E-state index contributed by atoms with van der Waals surface area (Å²) in [5.41, 5.74) is 6.08. The molecule has 1 heterocycles. The first kappa shape index (κ1) is 13.6. The molecule has 0 atom stereocenters. The molecule has 0 bridgehead atoms. The average molecular weight is 301 g/mol. The molecule has 0 saturated heterocycles. The van der Waals surface area contributed by atoms with Crippen LogP contribution < -0.4 is 11.1 Å². The molecule has 3 rings (SSSR count). The number of pyridine rings is 1. The smallest absolute Gasteiger partial charge is 0.389 e. The summed E-state index contributed by atoms with van der Waals surface area (Å²) in [4.78, 5) is 4.41. The van der Waals surface area contributed by atoms with Gasteiger partial charge in [0.1, 0.15) is 16.3 Å². The van der Waals surface area contributed by atoms with Crippen LogP contribution in [0.2, 0.25) is 0 Å². The maximum absolute atomic E-state index is 13.0. The number of alkyl halides is 3. The van der Waals surface area contributed by atoms with Gasteiger partial charge < -0.3 is 11.1 Å². The number of aryl methyl sites for hydroxylation is 2. The first-order valence-electron chi connectivity index (χ1n) is 6.50. The van der Waals surface area contributed by atoms with E-state index < -0.39 is 11.7 Å². The van der Waals surface area contributed by atoms with E-state index in [4.69, 9.17) is 18.0 Å². The second-order valence-corrected chi connectivity index (χ2v) is 5.85. The van der Waals surface area contributed by atoms with Crippen LogP contribution in [0.1, 0.15) is 36.1 Å². The standard InChI is InChI=1S/C13H14F3N3S/c14-13(15,16)12(4-5-12)19-11-8(10(17)20)6-7-2-1-3-9(7)18-11/h6H,1-5H2,(H2,17,20)(H,18,19). The molecule has 0 radical (unpaired) electrons. The number of aromatic nitrogens is 1. The van der Waals surface area contributed by atoms with Crippen molar-refractivity contribution < 1.29 is 13.2 Å². The van der Waals surface area contributed by atoms with E-state index in [-0.39, 0.29) is 23.6 Å². The van der Waals surface area contributed by atoms with Crippen molar-refractivity contribution in [1.82, 2.24) is 4.98 Å². The third kappa shape index (κ3) is 2.13. The van der Waals surface area contributed by atoms with Crippen LogP contribution in [0.4, 0.5) is 19.0 Å². The van der Waals surface area contributed by atoms with Crippen LogP contribution in [0.25, 0.3) is 0 Å². The predicted octanol–water partition coefficient (Wildman–Crippen LogP) is 2.71. The number of thiocarbonyl (C=S) groups is 1. The highest BCUT2D eigenvalue weighted by atomic mass is 32.1. The Morgan fingerprint density at radius 3 is 2.60 bits per heavy atom. The van der Waals surface area contributed by atoms with Gasteiger partial charge in [0.2, 0.25) is 0 Å². The van der Waals surface area contributed by atoms with Crippen molar-refractivity contribution in [2.45, 2.75) is 43.8 Å². The molecule has 108 valence electrons. The zero-order valence-electron chi connectivity index (χ0n) is 10.7. The SMILES string of the molecule is NC(=S)c1cc2c(nc1NC1(C(F)(F)F)CC1)CCC2. The first-order chi connectivity index (χ1) is 9.32. The van der Waals surface area contributed by atoms with Crippen LogP contribution in [0.3, 0.4) is 0 Å². The highest BCUT2D eigenvalue weighted by molar-refractivity contribution is 7.80. The minimum absolute atomic E-state index is 0.0615. The summed E-state index contributed by atoms with van der Waals surface area (Å²) in [5.74, 6) is 0.174. The molecule has 0 amide bonds. The molecule has 1 aromatic heterocycles. The van der Waals surface area contributed by atoms with Gasteiger partial charge in [-0.1, -0.05) is 12.2 Å². The van der Waals surface area contributed by atoms with Crippen LogP contribution in [0.15, 0.2) is 6.07 Å². The lowest BCUT2D eigenvalue weighted by Gasteiger charge is -2.23. The van der Waals surface area contributed by atoms with Crippen molar-refractivity contribution >= 4 is 23.0 Å². The predicted molar refractivity (Wildman–Crippen MR) is 73.8 cm³/mol. The summed E-state index contributed by atoms with van der Waals surface area (Å²) in [5, 5.41) is 2.55. The summed E-state index contributed by atoms with van der Waals surface area (Å²) < 4.78 is 39.1. The highest BCUT2D eigenvalue weighted by Crippen LogP contribution is 2.51. The van der Waals surface area contributed by atoms with Crippen molar-refractivity contribution in [2.75, 3.05) is 5.32 Å². The summed E-state index contributed by atoms with van der Waals surface area (Å²) >= 11 is 4.94. The quantitative estimate of drug-likeness (QED) is 0.843. The van der Waals surface area contributed by atoms with E-state index in [1.54, 1.807) is 6.07 Å². The molecule has 0 aliphatic heterocycles. The molecule has 0 aromatic carbocycles. The van der Waals surface area contributed by atoms with Crippen LogP contribution in [0.5, 0.6) is 0 Å². The van der Waals surface area contributed by atoms with E-state index in [2.05, 4.69) is 10.3 Å². The minimum Gasteiger partial charge on any atom is -0.389 e. The van der Waals surface area contributed by atoms with Gasteiger partial charge >= 0.3 is 6.18 Å². The van der Waals surface area contributed by atoms with Gasteiger partial charge in [-0.25, -0.2) is 4.98 Å². The van der Waals surface area contributed by atoms with Gasteiger partial charge in [-0.2, -0.15) is 13.2 Å². The first-order valence-corrected chi connectivity index (χ1v) is 6.91. The number of hydrogen-bond donors (Lipinski definition) is 2. The lowest BCUT2D eigenvalue weighted by molar-refractivity contribution is -0.151. The summed E-state index contributed by atoms with van der Waals surface area (Å²) in [6.45, 7) is 0. The molecular weight excluding hydrogens is 287 g/mol. The average Bonchev–Trinajstić information content (AvgIpc) is 2.99. The van der Waals surface area contributed by atoms with Crippen LogP contribution in [-0.4, -0.2) is 21.7 Å². The topological polar surface area (TPSA) is 50.9 Å². The summed E-state index contributed by atoms with van der Waals surface area (Å²) in [6, 6.07) is 1.78. The molecule has 0 unspecified atom stereocenters. The number of halogens is 3. The molecule has 1 saturated carbocycles. The Hall–Kier alpha value is -1.37. The molecular formula is C13H14F3N3S. The zero-order valence-corrected chi connectivity index (χ0v) is 11.5. The number of hydrogen-bond acceptors (Lipinski definition) is 3. The minimum atomic E-state index is -4.29. The normalized spacial score (nSPS) is 19.6. The second kappa shape index (κ2) is 4.31. The lowest BCUT2D eigenvalue weighted by atomic mass is 10.1. The van der Waals surface area contributed by atoms with Crippen LogP contribution >= 0.6 is 12.2 Å². The van der Waals surface area contributed by atoms with E-state index in [0.717, 1.165) is 30.5 Å². The van der Waals surface area contributed by atoms with E-state index >= 15 is 0 Å². The second-order valence-electron chi connectivity index (χ2n) is 5.41. The monoisotopic (exact) mass is 301 g/mol. The maximum atomic E-state index is 13.0. The van der Waals surface area contributed by atoms with E-state index in [1.165, 1.54) is 0 Å². The zero-order chi connectivity index (χ0) is 14.5. The maximum Gasteiger partial charge on any atom is 0.411 e. The largest absolute Gasteiger partial charge is 0.411 e. The fourth-order valence-electron chi connectivity index (χ4n) is 2.59. The van der Waals surface area contributed by atoms with E-state index in [0.29, 0.717) is 5.56 Å². The van der Waals surface area contributed by atoms with Crippen LogP contribution in [0, 0.1) is 0 Å². The molecule has 1 aromatic rings. The van der Waals surface area contributed by atoms with Crippen molar-refractivity contribution in [3.63, 3.8) is 0 Å². The van der Waals surface area contributed by atoms with Gasteiger partial charge in [-0.3, -0.25) is 0 Å². The Morgan fingerprint density at radius 1 is 1.35 bits per heavy atom. The lowest BCUT2D eigenvalue weighted by Crippen LogP contribution is -2.39. The number of anilines is 1. The number of rotatable bonds is 3. The van der Waals surface area contributed by atoms with E-state index in [1.807, 2.05) is 0 Å². The van der Waals surface area contributed by atoms with Crippen molar-refractivity contribution in [2.24, 2.45) is 5.73 Å². The number of nitrogens with one attached hydrogen (secondary N) is 1. The van der Waals surface area contributed by atoms with Gasteiger partial charge in [0.05, 0.1) is 5.56 Å². The molecule has 3 N–H and O–H groups in total. The van der Waals surface area contributed by atoms with Crippen molar-refractivity contribution in [3.05, 3.63) is 22.9 Å². The fraction of sp³-hybridized carbons (Fsp3) is 0.538. The Morgan fingerprint density at radius 2 is 2.05 bits per heavy atom. The third-order valence-electron chi connectivity index (χ3n) is 3.97. The molecule has 1 fully saturated rings. The summed E-state index contributed by atoms with van der Waals surface area (Å²) in [7, 11) is 0. The third-order valence-corrected chi connectivity index (χ3v) is 4.19. The number of nitrogens with two attached hydrogens (primary N) is 1. The van der Waals surface area contributed by atoms with Crippen molar-refractivity contribution in [3.8, 4) is 0 Å². The summed E-state index contributed by atoms with van der Waals surface area (Å²) in [6.07, 6.45) is -1.53. The van der Waals surface area contributed by atoms with Gasteiger partial charge in [0.25, 0.3) is 0 Å². The van der Waals surface area contributed by atoms with Gasteiger partial charge in [-0.05, 0) is 43.7 Å². The molecule has 7 heteroatoms. The number of fused-ring (bicyclic) bond motifs is 1. The van der Waals surface area contributed by atoms with Gasteiger partial charge in [-0.15, -0.1) is 0 Å². The fourth-order valence-corrected chi connectivity index (χ4v) is 2.74. The highest BCUT2D eigenvalue weighted by Gasteiger charge is 2.64. The van der Waals surface area contributed by atoms with E-state index in [9.17, 15) is 13.2 Å². The van der Waals surface area contributed by atoms with Crippen LogP contribution in [-0.2, 0) is 12.8 Å². The van der Waals surface area contributed by atoms with Gasteiger partial charge in [0, 0.05) is 5.69 Å². The Labute approximate surface area is 119 Å². The molecule has 3 nitrogen and oxygen atoms in total. The molecule has 20 heavy (non-hydrogen) atoms. The number of nitrogens with zero attached hydrogens (tertiary/aromatic N) is 1. The Bertz CT molecular complexity index is 579. The molecule has 2 aliphatic rings. The Kier molecular flexibility index (Phi) is 2.93. The molecule has 0 spiro atoms. The van der Waals surface area contributed by atoms with Gasteiger partial charge in [0.15, 0.2) is 0 Å². The molecule has 2 aliphatic carbocycles. The Balaban J connectivity index is 1.99. The van der Waals surface area contributed by atoms with Crippen molar-refractivity contribution in [1.29, 1.82) is 0 Å².